The Kier molecular flexibility index (Phi) is 12.9. The minimum absolute atomic E-state index is 0.0142. The van der Waals surface area contributed by atoms with Gasteiger partial charge < -0.3 is 29.4 Å². The van der Waals surface area contributed by atoms with Crippen molar-refractivity contribution in [1.29, 1.82) is 0 Å². The Morgan fingerprint density at radius 2 is 1.60 bits per heavy atom. The number of carbonyl (C=O) groups excluding carboxylic acids is 4. The summed E-state index contributed by atoms with van der Waals surface area (Å²) in [5.41, 5.74) is 1.75. The van der Waals surface area contributed by atoms with Gasteiger partial charge in [-0.3, -0.25) is 4.79 Å². The number of fused-ring (bicyclic) bond motifs is 2. The maximum absolute atomic E-state index is 15.1. The molecule has 12 nitrogen and oxygen atoms in total. The maximum Gasteiger partial charge on any atom is 0.493 e. The smallest absolute Gasteiger partial charge is 0.361 e. The number of anilines is 1. The lowest BCUT2D eigenvalue weighted by Crippen LogP contribution is -2.60. The van der Waals surface area contributed by atoms with Crippen LogP contribution in [-0.4, -0.2) is 121 Å². The molecule has 2 aliphatic rings. The third kappa shape index (κ3) is 10.0. The molecule has 3 amide bonds. The number of amides is 3. The molecular formula is C36H41ClF6N6O6. The largest absolute Gasteiger partial charge is 0.493 e. The zero-order chi connectivity index (χ0) is 40.2. The zero-order valence-corrected chi connectivity index (χ0v) is 31.0. The number of alkyl halides is 6. The quantitative estimate of drug-likeness (QED) is 0.198. The number of para-hydroxylation sites is 1. The van der Waals surface area contributed by atoms with Crippen LogP contribution in [0.4, 0.5) is 36.8 Å². The first-order valence-electron chi connectivity index (χ1n) is 17.6. The normalized spacial score (nSPS) is 17.7. The minimum atomic E-state index is -5.73. The summed E-state index contributed by atoms with van der Waals surface area (Å²) in [4.78, 5) is 71.5. The first kappa shape index (κ1) is 41.6. The average Bonchev–Trinajstić information content (AvgIpc) is 3.55. The zero-order valence-electron chi connectivity index (χ0n) is 30.3. The molecule has 1 N–H and O–H groups in total. The Morgan fingerprint density at radius 3 is 2.25 bits per heavy atom. The van der Waals surface area contributed by atoms with E-state index >= 15 is 4.79 Å². The fourth-order valence-corrected chi connectivity index (χ4v) is 7.29. The number of likely N-dealkylation sites (tertiary alicyclic amines) is 1. The lowest BCUT2D eigenvalue weighted by atomic mass is 9.88. The number of halogens is 7. The summed E-state index contributed by atoms with van der Waals surface area (Å²) < 4.78 is 82.6. The highest BCUT2D eigenvalue weighted by Crippen LogP contribution is 2.37. The Balaban J connectivity index is 1.67. The van der Waals surface area contributed by atoms with Gasteiger partial charge in [-0.05, 0) is 87.8 Å². The summed E-state index contributed by atoms with van der Waals surface area (Å²) >= 11 is 6.31. The van der Waals surface area contributed by atoms with E-state index in [4.69, 9.17) is 16.4 Å². The molecule has 2 aromatic carbocycles. The van der Waals surface area contributed by atoms with Crippen LogP contribution in [0.5, 0.6) is 0 Å². The van der Waals surface area contributed by atoms with E-state index in [0.717, 1.165) is 19.3 Å². The van der Waals surface area contributed by atoms with Gasteiger partial charge in [0.1, 0.15) is 0 Å². The predicted octanol–water partition coefficient (Wildman–Crippen LogP) is 6.31. The number of piperidine rings is 1. The number of aromatic amines is 1. The highest BCUT2D eigenvalue weighted by Gasteiger charge is 2.51. The lowest BCUT2D eigenvalue weighted by Gasteiger charge is -2.41. The predicted molar refractivity (Wildman–Crippen MR) is 189 cm³/mol. The Labute approximate surface area is 317 Å². The molecule has 1 fully saturated rings. The standard InChI is InChI=1S/C36H41ClF6N6O6/c1-22(27-19-44-28-10-6-5-9-26(27)28)30(31(50)47-21-23(20-45(2)3)17-24-18-25(37)11-12-29(24)47)49(55-33(52)36(41,42)43)34(53)48(54-32(51)35(38,39)40)16-15-46-13-7-4-8-14-46/h5-6,9-12,18-19,22-23,30,44H,4,7-8,13-17,20-21H2,1-3H3/t22?,23-,30?/m1/s1. The van der Waals surface area contributed by atoms with Crippen LogP contribution in [0, 0.1) is 5.92 Å². The molecule has 300 valence electrons. The molecule has 0 saturated carbocycles. The van der Waals surface area contributed by atoms with Crippen molar-refractivity contribution in [2.24, 2.45) is 5.92 Å². The second kappa shape index (κ2) is 17.1. The molecule has 5 rings (SSSR count). The van der Waals surface area contributed by atoms with Crippen molar-refractivity contribution >= 4 is 52.1 Å². The van der Waals surface area contributed by atoms with Crippen LogP contribution in [-0.2, 0) is 30.5 Å². The molecule has 55 heavy (non-hydrogen) atoms. The van der Waals surface area contributed by atoms with Gasteiger partial charge in [-0.1, -0.05) is 43.1 Å². The van der Waals surface area contributed by atoms with Crippen molar-refractivity contribution in [1.82, 2.24) is 24.9 Å². The molecular weight excluding hydrogens is 762 g/mol. The number of urea groups is 1. The van der Waals surface area contributed by atoms with Crippen LogP contribution >= 0.6 is 11.6 Å². The average molecular weight is 803 g/mol. The van der Waals surface area contributed by atoms with Crippen molar-refractivity contribution in [2.45, 2.75) is 56.9 Å². The first-order valence-corrected chi connectivity index (χ1v) is 17.9. The van der Waals surface area contributed by atoms with Crippen molar-refractivity contribution in [3.63, 3.8) is 0 Å². The fourth-order valence-electron chi connectivity index (χ4n) is 7.09. The summed E-state index contributed by atoms with van der Waals surface area (Å²) in [6.45, 7) is 1.84. The summed E-state index contributed by atoms with van der Waals surface area (Å²) in [5.74, 6) is -8.40. The van der Waals surface area contributed by atoms with E-state index < -0.39 is 54.7 Å². The van der Waals surface area contributed by atoms with Gasteiger partial charge in [0.25, 0.3) is 5.91 Å². The van der Waals surface area contributed by atoms with Crippen LogP contribution < -0.4 is 4.90 Å². The SMILES string of the molecule is CC(c1c[nH]c2ccccc12)C(C(=O)N1C[C@@H](CN(C)C)Cc2cc(Cl)ccc21)N(OC(=O)C(F)(F)F)C(=O)N(CCN1CCCCC1)OC(=O)C(F)(F)F. The third-order valence-corrected chi connectivity index (χ3v) is 9.80. The lowest BCUT2D eigenvalue weighted by molar-refractivity contribution is -0.249. The second-order valence-corrected chi connectivity index (χ2v) is 14.4. The van der Waals surface area contributed by atoms with E-state index in [9.17, 15) is 40.7 Å². The molecule has 0 radical (unpaired) electrons. The summed E-state index contributed by atoms with van der Waals surface area (Å²) in [7, 11) is 3.61. The van der Waals surface area contributed by atoms with Crippen molar-refractivity contribution in [3.8, 4) is 0 Å². The van der Waals surface area contributed by atoms with Gasteiger partial charge in [0.15, 0.2) is 6.04 Å². The second-order valence-electron chi connectivity index (χ2n) is 13.9. The molecule has 3 heterocycles. The number of H-pyrrole nitrogens is 1. The number of rotatable bonds is 9. The molecule has 0 bridgehead atoms. The van der Waals surface area contributed by atoms with Gasteiger partial charge in [-0.15, -0.1) is 10.1 Å². The molecule has 0 spiro atoms. The molecule has 2 unspecified atom stereocenters. The highest BCUT2D eigenvalue weighted by molar-refractivity contribution is 6.30. The number of benzene rings is 2. The van der Waals surface area contributed by atoms with Crippen molar-refractivity contribution in [2.75, 3.05) is 58.3 Å². The number of carbonyl (C=O) groups is 4. The topological polar surface area (TPSA) is 119 Å². The third-order valence-electron chi connectivity index (χ3n) is 9.57. The van der Waals surface area contributed by atoms with E-state index in [1.165, 1.54) is 30.2 Å². The van der Waals surface area contributed by atoms with Gasteiger partial charge >= 0.3 is 30.3 Å². The number of nitrogens with zero attached hydrogens (tertiary/aromatic N) is 5. The molecule has 1 aromatic heterocycles. The number of hydrogen-bond donors (Lipinski definition) is 1. The first-order chi connectivity index (χ1) is 25.8. The Morgan fingerprint density at radius 1 is 0.945 bits per heavy atom. The molecule has 0 aliphatic carbocycles. The summed E-state index contributed by atoms with van der Waals surface area (Å²) in [6.07, 6.45) is -7.14. The summed E-state index contributed by atoms with van der Waals surface area (Å²) in [5, 5.41) is 0.501. The fraction of sp³-hybridized carbons (Fsp3) is 0.500. The number of hydroxylamine groups is 4. The van der Waals surface area contributed by atoms with Crippen LogP contribution in [0.2, 0.25) is 5.02 Å². The molecule has 2 aliphatic heterocycles. The molecule has 3 atom stereocenters. The van der Waals surface area contributed by atoms with E-state index in [-0.39, 0.29) is 29.1 Å². The summed E-state index contributed by atoms with van der Waals surface area (Å²) in [6, 6.07) is 7.26. The van der Waals surface area contributed by atoms with Gasteiger partial charge in [0, 0.05) is 53.4 Å². The molecule has 1 saturated heterocycles. The van der Waals surface area contributed by atoms with Crippen LogP contribution in [0.3, 0.4) is 0 Å². The Bertz CT molecular complexity index is 1870. The van der Waals surface area contributed by atoms with E-state index in [1.807, 2.05) is 4.90 Å². The highest BCUT2D eigenvalue weighted by atomic mass is 35.5. The molecule has 3 aromatic rings. The van der Waals surface area contributed by atoms with Gasteiger partial charge in [-0.25, -0.2) is 14.4 Å². The molecule has 19 heteroatoms. The van der Waals surface area contributed by atoms with Crippen molar-refractivity contribution in [3.05, 3.63) is 64.8 Å². The Hall–Kier alpha value is -4.55. The van der Waals surface area contributed by atoms with Gasteiger partial charge in [0.05, 0.1) is 6.54 Å². The van der Waals surface area contributed by atoms with Crippen molar-refractivity contribution < 1.29 is 55.2 Å². The van der Waals surface area contributed by atoms with Crippen LogP contribution in [0.1, 0.15) is 43.2 Å². The van der Waals surface area contributed by atoms with Gasteiger partial charge in [0.2, 0.25) is 0 Å². The van der Waals surface area contributed by atoms with Crippen LogP contribution in [0.25, 0.3) is 10.9 Å². The van der Waals surface area contributed by atoms with E-state index in [0.29, 0.717) is 58.8 Å². The van der Waals surface area contributed by atoms with E-state index in [2.05, 4.69) is 9.82 Å². The number of nitrogens with one attached hydrogen (secondary N) is 1. The number of hydrogen-bond acceptors (Lipinski definition) is 8. The van der Waals surface area contributed by atoms with E-state index in [1.54, 1.807) is 49.3 Å². The van der Waals surface area contributed by atoms with Gasteiger partial charge in [-0.2, -0.15) is 26.3 Å². The number of aromatic nitrogens is 1. The van der Waals surface area contributed by atoms with Crippen LogP contribution in [0.15, 0.2) is 48.7 Å². The minimum Gasteiger partial charge on any atom is -0.361 e. The monoisotopic (exact) mass is 802 g/mol. The maximum atomic E-state index is 15.1.